The number of aromatic amines is 1. The first-order chi connectivity index (χ1) is 21.2. The average Bonchev–Trinajstić information content (AvgIpc) is 3.41. The van der Waals surface area contributed by atoms with E-state index in [0.29, 0.717) is 44.5 Å². The maximum Gasteiger partial charge on any atom is 0.161 e. The zero-order chi connectivity index (χ0) is 31.5. The number of aryl methyl sites for hydroxylation is 1. The van der Waals surface area contributed by atoms with E-state index in [2.05, 4.69) is 23.3 Å². The van der Waals surface area contributed by atoms with Gasteiger partial charge in [-0.2, -0.15) is 0 Å². The second-order valence-electron chi connectivity index (χ2n) is 12.8. The Kier molecular flexibility index (Phi) is 13.0. The summed E-state index contributed by atoms with van der Waals surface area (Å²) in [5.74, 6) is 1.64. The lowest BCUT2D eigenvalue weighted by Crippen LogP contribution is -2.37. The van der Waals surface area contributed by atoms with Crippen molar-refractivity contribution in [3.8, 4) is 11.5 Å². The van der Waals surface area contributed by atoms with Gasteiger partial charge in [-0.05, 0) is 104 Å². The predicted octanol–water partition coefficient (Wildman–Crippen LogP) is 4.05. The number of aliphatic hydroxyl groups is 4. The largest absolute Gasteiger partial charge is 0.504 e. The van der Waals surface area contributed by atoms with Crippen molar-refractivity contribution in [3.63, 3.8) is 0 Å². The number of H-pyrrole nitrogens is 1. The van der Waals surface area contributed by atoms with Gasteiger partial charge in [0, 0.05) is 18.4 Å². The van der Waals surface area contributed by atoms with Crippen LogP contribution in [0.1, 0.15) is 76.0 Å². The highest BCUT2D eigenvalue weighted by molar-refractivity contribution is 5.42. The molecule has 4 rings (SSSR count). The van der Waals surface area contributed by atoms with Crippen LogP contribution >= 0.6 is 0 Å². The molecule has 0 saturated heterocycles. The summed E-state index contributed by atoms with van der Waals surface area (Å²) >= 11 is 0. The van der Waals surface area contributed by atoms with Gasteiger partial charge in [0.25, 0.3) is 0 Å². The molecule has 9 nitrogen and oxygen atoms in total. The monoisotopic (exact) mass is 611 g/mol. The average molecular weight is 612 g/mol. The number of phenolic OH excluding ortho intramolecular Hbond substituents is 1. The van der Waals surface area contributed by atoms with Gasteiger partial charge >= 0.3 is 0 Å². The minimum atomic E-state index is -1.17. The molecule has 1 aliphatic carbocycles. The third-order valence-corrected chi connectivity index (χ3v) is 9.54. The molecule has 1 saturated carbocycles. The topological polar surface area (TPSA) is 164 Å². The highest BCUT2D eigenvalue weighted by atomic mass is 16.5. The Morgan fingerprint density at radius 1 is 1.07 bits per heavy atom. The van der Waals surface area contributed by atoms with Crippen molar-refractivity contribution in [1.29, 1.82) is 0 Å². The molecular formula is C35H53N3O6. The van der Waals surface area contributed by atoms with Crippen LogP contribution in [0.2, 0.25) is 0 Å². The van der Waals surface area contributed by atoms with Crippen molar-refractivity contribution >= 4 is 0 Å². The molecule has 1 aromatic heterocycles. The van der Waals surface area contributed by atoms with E-state index in [4.69, 9.17) is 10.5 Å². The summed E-state index contributed by atoms with van der Waals surface area (Å²) in [7, 11) is 0. The Bertz CT molecular complexity index is 1200. The van der Waals surface area contributed by atoms with E-state index in [-0.39, 0.29) is 23.3 Å². The molecule has 7 unspecified atom stereocenters. The molecule has 1 aromatic carbocycles. The number of hydrogen-bond acceptors (Lipinski definition) is 8. The van der Waals surface area contributed by atoms with Crippen LogP contribution in [0.4, 0.5) is 0 Å². The molecule has 0 amide bonds. The third-order valence-electron chi connectivity index (χ3n) is 9.54. The Balaban J connectivity index is 1.39. The number of aromatic hydroxyl groups is 1. The van der Waals surface area contributed by atoms with Gasteiger partial charge in [-0.25, -0.2) is 0 Å². The maximum atomic E-state index is 10.9. The smallest absolute Gasteiger partial charge is 0.161 e. The third kappa shape index (κ3) is 10.0. The number of ether oxygens (including phenoxy) is 1. The Morgan fingerprint density at radius 3 is 2.64 bits per heavy atom. The molecule has 44 heavy (non-hydrogen) atoms. The zero-order valence-corrected chi connectivity index (χ0v) is 26.1. The Morgan fingerprint density at radius 2 is 1.91 bits per heavy atom. The fourth-order valence-electron chi connectivity index (χ4n) is 6.73. The number of nitrogens with one attached hydrogen (secondary N) is 2. The molecule has 1 fully saturated rings. The Labute approximate surface area is 261 Å². The first kappa shape index (κ1) is 33.9. The van der Waals surface area contributed by atoms with Gasteiger partial charge in [0.1, 0.15) is 12.2 Å². The maximum absolute atomic E-state index is 10.9. The van der Waals surface area contributed by atoms with Crippen LogP contribution in [-0.2, 0) is 12.8 Å². The van der Waals surface area contributed by atoms with Gasteiger partial charge in [0.05, 0.1) is 24.6 Å². The van der Waals surface area contributed by atoms with E-state index < -0.39 is 31.0 Å². The van der Waals surface area contributed by atoms with Crippen LogP contribution in [0, 0.1) is 17.8 Å². The highest BCUT2D eigenvalue weighted by Crippen LogP contribution is 2.34. The van der Waals surface area contributed by atoms with Crippen LogP contribution in [0.25, 0.3) is 0 Å². The van der Waals surface area contributed by atoms with Crippen LogP contribution < -0.4 is 15.8 Å². The SMILES string of the molecule is CCC1CCCC(C(O)CC(O)CCc2ccc(O)c(OC(CC(Cc3ccc[nH]3)C3=CCNC(N)=C3)C(O)CO)c2)CC1. The van der Waals surface area contributed by atoms with Gasteiger partial charge in [-0.3, -0.25) is 0 Å². The van der Waals surface area contributed by atoms with Crippen molar-refractivity contribution < 1.29 is 30.3 Å². The van der Waals surface area contributed by atoms with Crippen molar-refractivity contribution in [1.82, 2.24) is 10.3 Å². The van der Waals surface area contributed by atoms with Crippen LogP contribution in [0.15, 0.2) is 60.1 Å². The number of rotatable bonds is 16. The molecule has 244 valence electrons. The minimum Gasteiger partial charge on any atom is -0.504 e. The lowest BCUT2D eigenvalue weighted by Gasteiger charge is -2.29. The second-order valence-corrected chi connectivity index (χ2v) is 12.8. The molecule has 9 heteroatoms. The van der Waals surface area contributed by atoms with Gasteiger partial charge in [-0.1, -0.05) is 44.7 Å². The number of aliphatic hydroxyl groups excluding tert-OH is 4. The fraction of sp³-hybridized carbons (Fsp3) is 0.600. The summed E-state index contributed by atoms with van der Waals surface area (Å²) in [5.41, 5.74) is 8.96. The van der Waals surface area contributed by atoms with Crippen molar-refractivity contribution in [2.45, 2.75) is 102 Å². The summed E-state index contributed by atoms with van der Waals surface area (Å²) in [6.45, 7) is 2.34. The molecule has 9 N–H and O–H groups in total. The number of nitrogens with two attached hydrogens (primary N) is 1. The molecule has 0 bridgehead atoms. The van der Waals surface area contributed by atoms with Crippen LogP contribution in [0.5, 0.6) is 11.5 Å². The number of allylic oxidation sites excluding steroid dienone is 2. The van der Waals surface area contributed by atoms with Gasteiger partial charge in [0.15, 0.2) is 11.5 Å². The van der Waals surface area contributed by atoms with Crippen molar-refractivity contribution in [3.05, 3.63) is 71.3 Å². The molecule has 2 aromatic rings. The van der Waals surface area contributed by atoms with E-state index in [1.807, 2.05) is 24.4 Å². The minimum absolute atomic E-state index is 0.0650. The van der Waals surface area contributed by atoms with E-state index in [0.717, 1.165) is 48.4 Å². The molecule has 2 heterocycles. The van der Waals surface area contributed by atoms with Gasteiger partial charge in [-0.15, -0.1) is 0 Å². The summed E-state index contributed by atoms with van der Waals surface area (Å²) in [6, 6.07) is 9.01. The quantitative estimate of drug-likeness (QED) is 0.132. The van der Waals surface area contributed by atoms with Crippen LogP contribution in [0.3, 0.4) is 0 Å². The standard InChI is InChI=1S/C35H53N3O6/c1-2-23-5-3-6-25(11-8-23)31(42)21-29(40)12-9-24-10-13-30(41)33(17-24)44-34(32(43)22-39)19-27(18-28-7-4-15-37-28)26-14-16-38-35(36)20-26/h4,7,10,13-15,17,20,23,25,27,29,31-32,34,37-43H,2-3,5-6,8-9,11-12,16,18-19,21-22,36H2,1H3. The van der Waals surface area contributed by atoms with E-state index in [1.54, 1.807) is 18.2 Å². The van der Waals surface area contributed by atoms with E-state index >= 15 is 0 Å². The Hall–Kier alpha value is -2.98. The van der Waals surface area contributed by atoms with Crippen LogP contribution in [-0.4, -0.2) is 68.1 Å². The molecule has 0 spiro atoms. The number of dihydropyridines is 1. The number of hydrogen-bond donors (Lipinski definition) is 8. The highest BCUT2D eigenvalue weighted by Gasteiger charge is 2.29. The molecular weight excluding hydrogens is 558 g/mol. The van der Waals surface area contributed by atoms with E-state index in [1.165, 1.54) is 12.8 Å². The second kappa shape index (κ2) is 16.9. The first-order valence-corrected chi connectivity index (χ1v) is 16.4. The molecule has 1 aliphatic heterocycles. The van der Waals surface area contributed by atoms with Crippen molar-refractivity contribution in [2.24, 2.45) is 23.5 Å². The zero-order valence-electron chi connectivity index (χ0n) is 26.1. The molecule has 2 aliphatic rings. The lowest BCUT2D eigenvalue weighted by molar-refractivity contribution is -0.0103. The summed E-state index contributed by atoms with van der Waals surface area (Å²) in [6.07, 6.45) is 11.9. The van der Waals surface area contributed by atoms with E-state index in [9.17, 15) is 25.5 Å². The number of aromatic nitrogens is 1. The summed E-state index contributed by atoms with van der Waals surface area (Å²) in [5, 5.41) is 56.1. The number of benzene rings is 1. The predicted molar refractivity (Wildman–Crippen MR) is 172 cm³/mol. The van der Waals surface area contributed by atoms with Gasteiger partial charge in [0.2, 0.25) is 0 Å². The fourth-order valence-corrected chi connectivity index (χ4v) is 6.73. The normalized spacial score (nSPS) is 22.5. The lowest BCUT2D eigenvalue weighted by atomic mass is 9.86. The van der Waals surface area contributed by atoms with Gasteiger partial charge < -0.3 is 46.3 Å². The number of phenols is 1. The molecule has 0 radical (unpaired) electrons. The van der Waals surface area contributed by atoms with Crippen molar-refractivity contribution in [2.75, 3.05) is 13.2 Å². The summed E-state index contributed by atoms with van der Waals surface area (Å²) < 4.78 is 6.22. The first-order valence-electron chi connectivity index (χ1n) is 16.4. The summed E-state index contributed by atoms with van der Waals surface area (Å²) in [4.78, 5) is 3.24. The molecule has 7 atom stereocenters.